The smallest absolute Gasteiger partial charge is 0.158 e. The first-order valence-corrected chi connectivity index (χ1v) is 5.86. The summed E-state index contributed by atoms with van der Waals surface area (Å²) in [5.41, 5.74) is 0.914. The Labute approximate surface area is 95.4 Å². The molecule has 0 amide bonds. The minimum atomic E-state index is -0.471. The average Bonchev–Trinajstić information content (AvgIpc) is 3.11. The van der Waals surface area contributed by atoms with Crippen LogP contribution in [0.3, 0.4) is 0 Å². The molecular weight excluding hydrogens is 208 g/mol. The third kappa shape index (κ3) is 2.40. The number of hydrogen-bond donors (Lipinski definition) is 0. The zero-order valence-corrected chi connectivity index (χ0v) is 9.58. The highest BCUT2D eigenvalue weighted by Crippen LogP contribution is 2.40. The van der Waals surface area contributed by atoms with E-state index in [1.807, 2.05) is 37.3 Å². The fourth-order valence-electron chi connectivity index (χ4n) is 1.85. The van der Waals surface area contributed by atoms with Gasteiger partial charge in [0.05, 0.1) is 0 Å². The first-order valence-electron chi connectivity index (χ1n) is 5.43. The van der Waals surface area contributed by atoms with E-state index in [0.717, 1.165) is 5.56 Å². The van der Waals surface area contributed by atoms with E-state index in [0.29, 0.717) is 5.92 Å². The molecule has 0 bridgehead atoms. The molecule has 0 saturated heterocycles. The second-order valence-electron chi connectivity index (χ2n) is 4.30. The molecule has 1 saturated carbocycles. The van der Waals surface area contributed by atoms with Crippen molar-refractivity contribution in [1.82, 2.24) is 0 Å². The topological polar surface area (TPSA) is 17.1 Å². The van der Waals surface area contributed by atoms with Gasteiger partial charge in [-0.1, -0.05) is 37.3 Å². The normalized spacial score (nSPS) is 19.6. The molecule has 0 aromatic heterocycles. The Hall–Kier alpha value is -0.820. The van der Waals surface area contributed by atoms with Crippen molar-refractivity contribution in [2.45, 2.75) is 25.1 Å². The minimum Gasteiger partial charge on any atom is -0.297 e. The van der Waals surface area contributed by atoms with Crippen LogP contribution in [-0.2, 0) is 4.79 Å². The van der Waals surface area contributed by atoms with Crippen LogP contribution in [0.25, 0.3) is 0 Å². The lowest BCUT2D eigenvalue weighted by Crippen LogP contribution is -2.18. The number of benzene rings is 1. The molecule has 2 rings (SSSR count). The highest BCUT2D eigenvalue weighted by molar-refractivity contribution is 6.31. The van der Waals surface area contributed by atoms with Gasteiger partial charge in [-0.05, 0) is 24.3 Å². The molecule has 1 aromatic carbocycles. The molecule has 1 fully saturated rings. The maximum Gasteiger partial charge on any atom is 0.158 e. The Morgan fingerprint density at radius 2 is 1.93 bits per heavy atom. The summed E-state index contributed by atoms with van der Waals surface area (Å²) in [6.07, 6.45) is 2.37. The van der Waals surface area contributed by atoms with Crippen LogP contribution in [-0.4, -0.2) is 5.78 Å². The van der Waals surface area contributed by atoms with E-state index in [-0.39, 0.29) is 11.7 Å². The van der Waals surface area contributed by atoms with Gasteiger partial charge in [-0.3, -0.25) is 4.79 Å². The Kier molecular flexibility index (Phi) is 3.11. The van der Waals surface area contributed by atoms with Crippen molar-refractivity contribution in [3.63, 3.8) is 0 Å². The number of halogens is 1. The van der Waals surface area contributed by atoms with Gasteiger partial charge in [0.25, 0.3) is 0 Å². The monoisotopic (exact) mass is 222 g/mol. The van der Waals surface area contributed by atoms with Crippen LogP contribution in [0.2, 0.25) is 0 Å². The number of alkyl halides is 1. The fourth-order valence-corrected chi connectivity index (χ4v) is 2.19. The summed E-state index contributed by atoms with van der Waals surface area (Å²) < 4.78 is 0. The predicted molar refractivity (Wildman–Crippen MR) is 61.9 cm³/mol. The summed E-state index contributed by atoms with van der Waals surface area (Å²) >= 11 is 6.17. The van der Waals surface area contributed by atoms with Gasteiger partial charge >= 0.3 is 0 Å². The van der Waals surface area contributed by atoms with Crippen LogP contribution in [0, 0.1) is 11.8 Å². The largest absolute Gasteiger partial charge is 0.297 e. The van der Waals surface area contributed by atoms with E-state index in [1.54, 1.807) is 0 Å². The molecule has 1 nitrogen and oxygen atoms in total. The number of rotatable bonds is 4. The van der Waals surface area contributed by atoms with Crippen molar-refractivity contribution in [2.75, 3.05) is 0 Å². The van der Waals surface area contributed by atoms with Gasteiger partial charge in [0.1, 0.15) is 5.38 Å². The van der Waals surface area contributed by atoms with Gasteiger partial charge in [0.2, 0.25) is 0 Å². The Balaban J connectivity index is 2.07. The zero-order chi connectivity index (χ0) is 10.8. The van der Waals surface area contributed by atoms with E-state index < -0.39 is 5.38 Å². The molecule has 2 heteroatoms. The molecule has 0 radical (unpaired) electrons. The molecule has 1 aliphatic carbocycles. The van der Waals surface area contributed by atoms with Crippen LogP contribution >= 0.6 is 11.6 Å². The van der Waals surface area contributed by atoms with Gasteiger partial charge < -0.3 is 0 Å². The maximum atomic E-state index is 12.0. The Morgan fingerprint density at radius 1 is 1.33 bits per heavy atom. The van der Waals surface area contributed by atoms with E-state index in [4.69, 9.17) is 11.6 Å². The Bertz CT molecular complexity index is 343. The van der Waals surface area contributed by atoms with E-state index in [9.17, 15) is 4.79 Å². The molecule has 0 N–H and O–H groups in total. The minimum absolute atomic E-state index is 0.118. The third-order valence-electron chi connectivity index (χ3n) is 3.12. The van der Waals surface area contributed by atoms with Gasteiger partial charge in [-0.2, -0.15) is 0 Å². The number of carbonyl (C=O) groups excluding carboxylic acids is 1. The van der Waals surface area contributed by atoms with Crippen LogP contribution in [0.5, 0.6) is 0 Å². The summed E-state index contributed by atoms with van der Waals surface area (Å²) in [6, 6.07) is 9.59. The van der Waals surface area contributed by atoms with Crippen molar-refractivity contribution in [3.8, 4) is 0 Å². The SMILES string of the molecule is CC(C(=O)C(Cl)c1ccccc1)C1CC1. The summed E-state index contributed by atoms with van der Waals surface area (Å²) in [5.74, 6) is 0.875. The standard InChI is InChI=1S/C13H15ClO/c1-9(10-7-8-10)13(15)12(14)11-5-3-2-4-6-11/h2-6,9-10,12H,7-8H2,1H3. The molecular formula is C13H15ClO. The first-order chi connectivity index (χ1) is 7.20. The number of hydrogen-bond acceptors (Lipinski definition) is 1. The second-order valence-corrected chi connectivity index (χ2v) is 4.74. The maximum absolute atomic E-state index is 12.0. The lowest BCUT2D eigenvalue weighted by molar-refractivity contribution is -0.122. The van der Waals surface area contributed by atoms with Crippen molar-refractivity contribution < 1.29 is 4.79 Å². The number of Topliss-reactive ketones (excluding diaryl/α,β-unsaturated/α-hetero) is 1. The fraction of sp³-hybridized carbons (Fsp3) is 0.462. The lowest BCUT2D eigenvalue weighted by atomic mass is 9.95. The highest BCUT2D eigenvalue weighted by Gasteiger charge is 2.35. The van der Waals surface area contributed by atoms with Gasteiger partial charge in [0, 0.05) is 5.92 Å². The lowest BCUT2D eigenvalue weighted by Gasteiger charge is -2.14. The van der Waals surface area contributed by atoms with Crippen molar-refractivity contribution in [1.29, 1.82) is 0 Å². The summed E-state index contributed by atoms with van der Waals surface area (Å²) in [5, 5.41) is -0.471. The quantitative estimate of drug-likeness (QED) is 0.712. The van der Waals surface area contributed by atoms with Gasteiger partial charge in [0.15, 0.2) is 5.78 Å². The van der Waals surface area contributed by atoms with Crippen LogP contribution in [0.15, 0.2) is 30.3 Å². The molecule has 15 heavy (non-hydrogen) atoms. The molecule has 2 atom stereocenters. The van der Waals surface area contributed by atoms with E-state index in [1.165, 1.54) is 12.8 Å². The molecule has 0 aliphatic heterocycles. The molecule has 1 aromatic rings. The highest BCUT2D eigenvalue weighted by atomic mass is 35.5. The van der Waals surface area contributed by atoms with Gasteiger partial charge in [-0.15, -0.1) is 11.6 Å². The van der Waals surface area contributed by atoms with Crippen molar-refractivity contribution in [2.24, 2.45) is 11.8 Å². The second kappa shape index (κ2) is 4.36. The van der Waals surface area contributed by atoms with E-state index in [2.05, 4.69) is 0 Å². The zero-order valence-electron chi connectivity index (χ0n) is 8.82. The molecule has 80 valence electrons. The molecule has 0 heterocycles. The van der Waals surface area contributed by atoms with Gasteiger partial charge in [-0.25, -0.2) is 0 Å². The molecule has 0 spiro atoms. The van der Waals surface area contributed by atoms with E-state index >= 15 is 0 Å². The summed E-state index contributed by atoms with van der Waals surface area (Å²) in [6.45, 7) is 2.00. The van der Waals surface area contributed by atoms with Crippen LogP contribution in [0.4, 0.5) is 0 Å². The van der Waals surface area contributed by atoms with Crippen molar-refractivity contribution in [3.05, 3.63) is 35.9 Å². The summed E-state index contributed by atoms with van der Waals surface area (Å²) in [4.78, 5) is 12.0. The number of carbonyl (C=O) groups is 1. The van der Waals surface area contributed by atoms with Crippen LogP contribution < -0.4 is 0 Å². The first kappa shape index (κ1) is 10.7. The third-order valence-corrected chi connectivity index (χ3v) is 3.59. The molecule has 1 aliphatic rings. The summed E-state index contributed by atoms with van der Waals surface area (Å²) in [7, 11) is 0. The Morgan fingerprint density at radius 3 is 2.47 bits per heavy atom. The average molecular weight is 223 g/mol. The van der Waals surface area contributed by atoms with Crippen LogP contribution in [0.1, 0.15) is 30.7 Å². The molecule has 2 unspecified atom stereocenters. The predicted octanol–water partition coefficient (Wildman–Crippen LogP) is 3.58. The number of ketones is 1. The van der Waals surface area contributed by atoms with Crippen molar-refractivity contribution >= 4 is 17.4 Å².